The van der Waals surface area contributed by atoms with Crippen LogP contribution in [0.2, 0.25) is 0 Å². The van der Waals surface area contributed by atoms with Gasteiger partial charge in [-0.3, -0.25) is 5.32 Å². The number of nitrogens with zero attached hydrogens (tertiary/aromatic N) is 1. The fourth-order valence-electron chi connectivity index (χ4n) is 1.79. The molecule has 0 spiro atoms. The second-order valence-corrected chi connectivity index (χ2v) is 3.62. The molecule has 80 valence electrons. The van der Waals surface area contributed by atoms with E-state index in [2.05, 4.69) is 5.32 Å². The van der Waals surface area contributed by atoms with Crippen LogP contribution in [-0.4, -0.2) is 5.79 Å². The highest BCUT2D eigenvalue weighted by Crippen LogP contribution is 2.34. The minimum absolute atomic E-state index is 0.168. The van der Waals surface area contributed by atoms with E-state index < -0.39 is 5.79 Å². The molecular weight excluding hydrogens is 203 g/mol. The molecule has 0 aliphatic heterocycles. The van der Waals surface area contributed by atoms with Crippen LogP contribution in [0.4, 0.5) is 4.39 Å². The van der Waals surface area contributed by atoms with Gasteiger partial charge in [-0.15, -0.1) is 0 Å². The quantitative estimate of drug-likeness (QED) is 0.467. The van der Waals surface area contributed by atoms with Crippen molar-refractivity contribution < 1.29 is 4.39 Å². The first-order chi connectivity index (χ1) is 7.76. The number of alkyl halides is 1. The highest BCUT2D eigenvalue weighted by atomic mass is 19.1. The minimum atomic E-state index is -1.79. The van der Waals surface area contributed by atoms with Gasteiger partial charge in [-0.2, -0.15) is 5.26 Å². The number of rotatable bonds is 2. The van der Waals surface area contributed by atoms with Gasteiger partial charge in [-0.25, -0.2) is 4.39 Å². The first-order valence-electron chi connectivity index (χ1n) is 5.04. The molecule has 0 saturated carbocycles. The zero-order chi connectivity index (χ0) is 11.4. The van der Waals surface area contributed by atoms with Crippen molar-refractivity contribution in [3.8, 4) is 6.19 Å². The lowest BCUT2D eigenvalue weighted by molar-refractivity contribution is 0.218. The maximum absolute atomic E-state index is 14.5. The molecule has 0 heterocycles. The van der Waals surface area contributed by atoms with Crippen molar-refractivity contribution in [2.45, 2.75) is 12.2 Å². The highest BCUT2D eigenvalue weighted by molar-refractivity contribution is 5.74. The lowest BCUT2D eigenvalue weighted by Gasteiger charge is -2.27. The van der Waals surface area contributed by atoms with Crippen molar-refractivity contribution >= 4 is 5.57 Å². The van der Waals surface area contributed by atoms with Gasteiger partial charge in [0.25, 0.3) is 0 Å². The number of nitriles is 1. The second-order valence-electron chi connectivity index (χ2n) is 3.62. The van der Waals surface area contributed by atoms with Crippen molar-refractivity contribution in [2.24, 2.45) is 0 Å². The van der Waals surface area contributed by atoms with Gasteiger partial charge in [0.2, 0.25) is 5.79 Å². The van der Waals surface area contributed by atoms with E-state index in [0.717, 1.165) is 5.56 Å². The van der Waals surface area contributed by atoms with Crippen LogP contribution in [0.1, 0.15) is 12.0 Å². The summed E-state index contributed by atoms with van der Waals surface area (Å²) in [6.07, 6.45) is 7.05. The fourth-order valence-corrected chi connectivity index (χ4v) is 1.79. The van der Waals surface area contributed by atoms with Gasteiger partial charge in [0, 0.05) is 12.0 Å². The van der Waals surface area contributed by atoms with Gasteiger partial charge in [0.1, 0.15) is 0 Å². The van der Waals surface area contributed by atoms with Gasteiger partial charge in [0.05, 0.1) is 0 Å². The molecule has 0 bridgehead atoms. The lowest BCUT2D eigenvalue weighted by atomic mass is 9.90. The Morgan fingerprint density at radius 2 is 2.06 bits per heavy atom. The normalized spacial score (nSPS) is 23.4. The number of nitrogens with one attached hydrogen (secondary N) is 1. The van der Waals surface area contributed by atoms with Crippen molar-refractivity contribution in [2.75, 3.05) is 0 Å². The molecule has 1 aromatic rings. The average molecular weight is 214 g/mol. The molecule has 0 amide bonds. The smallest absolute Gasteiger partial charge is 0.218 e. The number of benzene rings is 1. The standard InChI is InChI=1S/C13H11FN2/c14-13(16-10-15)9-5-4-8-12(13)11-6-2-1-3-7-11/h1-8,16H,9H2. The van der Waals surface area contributed by atoms with E-state index in [9.17, 15) is 4.39 Å². The van der Waals surface area contributed by atoms with Gasteiger partial charge in [-0.05, 0) is 5.56 Å². The Balaban J connectivity index is 2.42. The Labute approximate surface area is 93.7 Å². The fraction of sp³-hybridized carbons (Fsp3) is 0.154. The maximum Gasteiger partial charge on any atom is 0.218 e. The second kappa shape index (κ2) is 4.19. The van der Waals surface area contributed by atoms with E-state index in [4.69, 9.17) is 5.26 Å². The molecule has 1 aliphatic rings. The van der Waals surface area contributed by atoms with Crippen molar-refractivity contribution in [1.82, 2.24) is 5.32 Å². The molecular formula is C13H11FN2. The van der Waals surface area contributed by atoms with E-state index in [1.807, 2.05) is 30.3 Å². The van der Waals surface area contributed by atoms with Gasteiger partial charge in [0.15, 0.2) is 6.19 Å². The number of hydrogen-bond acceptors (Lipinski definition) is 2. The molecule has 1 atom stereocenters. The molecule has 2 nitrogen and oxygen atoms in total. The largest absolute Gasteiger partial charge is 0.286 e. The number of allylic oxidation sites excluding steroid dienone is 2. The van der Waals surface area contributed by atoms with Crippen LogP contribution in [0.3, 0.4) is 0 Å². The predicted octanol–water partition coefficient (Wildman–Crippen LogP) is 2.77. The topological polar surface area (TPSA) is 35.8 Å². The summed E-state index contributed by atoms with van der Waals surface area (Å²) in [5, 5.41) is 10.8. The number of halogens is 1. The molecule has 1 aromatic carbocycles. The van der Waals surface area contributed by atoms with Gasteiger partial charge < -0.3 is 0 Å². The molecule has 0 radical (unpaired) electrons. The van der Waals surface area contributed by atoms with E-state index in [-0.39, 0.29) is 6.42 Å². The van der Waals surface area contributed by atoms with E-state index in [1.54, 1.807) is 24.4 Å². The molecule has 1 aliphatic carbocycles. The van der Waals surface area contributed by atoms with E-state index in [0.29, 0.717) is 5.57 Å². The highest BCUT2D eigenvalue weighted by Gasteiger charge is 2.34. The Bertz CT molecular complexity index is 470. The lowest BCUT2D eigenvalue weighted by Crippen LogP contribution is -2.39. The summed E-state index contributed by atoms with van der Waals surface area (Å²) in [6.45, 7) is 0. The van der Waals surface area contributed by atoms with Gasteiger partial charge in [-0.1, -0.05) is 48.6 Å². The minimum Gasteiger partial charge on any atom is -0.286 e. The molecule has 0 aromatic heterocycles. The summed E-state index contributed by atoms with van der Waals surface area (Å²) in [6, 6.07) is 9.24. The third-order valence-electron chi connectivity index (χ3n) is 2.56. The zero-order valence-electron chi connectivity index (χ0n) is 8.65. The summed E-state index contributed by atoms with van der Waals surface area (Å²) in [4.78, 5) is 0. The summed E-state index contributed by atoms with van der Waals surface area (Å²) < 4.78 is 14.5. The van der Waals surface area contributed by atoms with E-state index in [1.165, 1.54) is 0 Å². The summed E-state index contributed by atoms with van der Waals surface area (Å²) in [5.41, 5.74) is 1.29. The molecule has 1 unspecified atom stereocenters. The van der Waals surface area contributed by atoms with Crippen molar-refractivity contribution in [3.63, 3.8) is 0 Å². The Morgan fingerprint density at radius 3 is 2.75 bits per heavy atom. The third-order valence-corrected chi connectivity index (χ3v) is 2.56. The molecule has 0 saturated heterocycles. The molecule has 16 heavy (non-hydrogen) atoms. The van der Waals surface area contributed by atoms with Crippen LogP contribution < -0.4 is 5.32 Å². The van der Waals surface area contributed by atoms with E-state index >= 15 is 0 Å². The molecule has 1 N–H and O–H groups in total. The zero-order valence-corrected chi connectivity index (χ0v) is 8.65. The Morgan fingerprint density at radius 1 is 1.31 bits per heavy atom. The first-order valence-corrected chi connectivity index (χ1v) is 5.04. The molecule has 2 rings (SSSR count). The van der Waals surface area contributed by atoms with Crippen molar-refractivity contribution in [1.29, 1.82) is 5.26 Å². The molecule has 3 heteroatoms. The summed E-state index contributed by atoms with van der Waals surface area (Å²) >= 11 is 0. The summed E-state index contributed by atoms with van der Waals surface area (Å²) in [7, 11) is 0. The van der Waals surface area contributed by atoms with Crippen LogP contribution in [-0.2, 0) is 0 Å². The Hall–Kier alpha value is -2.08. The van der Waals surface area contributed by atoms with Crippen LogP contribution in [0.15, 0.2) is 48.6 Å². The molecule has 0 fully saturated rings. The average Bonchev–Trinajstić information content (AvgIpc) is 2.31. The van der Waals surface area contributed by atoms with Crippen LogP contribution >= 0.6 is 0 Å². The SMILES string of the molecule is N#CNC1(F)CC=CC=C1c1ccccc1. The maximum atomic E-state index is 14.5. The Kier molecular flexibility index (Phi) is 2.74. The summed E-state index contributed by atoms with van der Waals surface area (Å²) in [5.74, 6) is -1.79. The number of hydrogen-bond donors (Lipinski definition) is 1. The van der Waals surface area contributed by atoms with Crippen molar-refractivity contribution in [3.05, 3.63) is 54.1 Å². The monoisotopic (exact) mass is 214 g/mol. The van der Waals surface area contributed by atoms with Crippen LogP contribution in [0.5, 0.6) is 0 Å². The van der Waals surface area contributed by atoms with Crippen LogP contribution in [0, 0.1) is 11.5 Å². The van der Waals surface area contributed by atoms with Gasteiger partial charge >= 0.3 is 0 Å². The first kappa shape index (κ1) is 10.4. The predicted molar refractivity (Wildman–Crippen MR) is 60.8 cm³/mol. The third kappa shape index (κ3) is 1.82. The van der Waals surface area contributed by atoms with Crippen LogP contribution in [0.25, 0.3) is 5.57 Å².